The molecule has 0 saturated heterocycles. The van der Waals surface area contributed by atoms with Gasteiger partial charge in [-0.15, -0.1) is 0 Å². The zero-order valence-electron chi connectivity index (χ0n) is 26.0. The molecule has 0 unspecified atom stereocenters. The van der Waals surface area contributed by atoms with Gasteiger partial charge in [0, 0.05) is 11.1 Å². The quantitative estimate of drug-likeness (QED) is 0.173. The van der Waals surface area contributed by atoms with E-state index in [4.69, 9.17) is 0 Å². The molecule has 1 N–H and O–H groups in total. The van der Waals surface area contributed by atoms with Gasteiger partial charge in [0.1, 0.15) is 39.0 Å². The second-order valence-corrected chi connectivity index (χ2v) is 17.7. The summed E-state index contributed by atoms with van der Waals surface area (Å²) >= 11 is 0. The maximum absolute atomic E-state index is 11.3. The Bertz CT molecular complexity index is 1410. The highest BCUT2D eigenvalue weighted by molar-refractivity contribution is 7.95. The molecule has 0 aromatic heterocycles. The molecule has 0 aliphatic rings. The Hall–Kier alpha value is -2.98. The second-order valence-electron chi connectivity index (χ2n) is 12.7. The lowest BCUT2D eigenvalue weighted by Crippen LogP contribution is -2.33. The van der Waals surface area contributed by atoms with Crippen LogP contribution in [0.2, 0.25) is 0 Å². The SMILES string of the molecule is CC(C)(C)c1cc(S(=O)(=O)[O-])cc(C(C)(C)C)c1O.CCCC[P+](c1ccccc1)(c1ccccc1)c1ccccc1. The summed E-state index contributed by atoms with van der Waals surface area (Å²) in [5, 5.41) is 14.8. The average molecular weight is 605 g/mol. The molecule has 0 aliphatic carbocycles. The van der Waals surface area contributed by atoms with Crippen LogP contribution < -0.4 is 15.9 Å². The summed E-state index contributed by atoms with van der Waals surface area (Å²) in [5.41, 5.74) is 0.0268. The minimum absolute atomic E-state index is 0.0624. The lowest BCUT2D eigenvalue weighted by molar-refractivity contribution is 0.420. The van der Waals surface area contributed by atoms with E-state index in [-0.39, 0.29) is 10.6 Å². The first-order valence-corrected chi connectivity index (χ1v) is 17.9. The molecule has 0 fully saturated rings. The highest BCUT2D eigenvalue weighted by Crippen LogP contribution is 2.55. The maximum Gasteiger partial charge on any atom is 0.124 e. The average Bonchev–Trinajstić information content (AvgIpc) is 2.94. The summed E-state index contributed by atoms with van der Waals surface area (Å²) in [6.45, 7) is 13.4. The van der Waals surface area contributed by atoms with Gasteiger partial charge in [0.25, 0.3) is 0 Å². The predicted octanol–water partition coefficient (Wildman–Crippen LogP) is 7.67. The molecule has 4 nitrogen and oxygen atoms in total. The van der Waals surface area contributed by atoms with Crippen molar-refractivity contribution in [3.63, 3.8) is 0 Å². The number of hydrogen-bond acceptors (Lipinski definition) is 4. The number of aromatic hydroxyl groups is 1. The van der Waals surface area contributed by atoms with E-state index >= 15 is 0 Å². The molecule has 0 atom stereocenters. The molecule has 0 aliphatic heterocycles. The van der Waals surface area contributed by atoms with E-state index in [1.807, 2.05) is 41.5 Å². The van der Waals surface area contributed by atoms with Gasteiger partial charge in [-0.2, -0.15) is 0 Å². The first kappa shape index (κ1) is 33.5. The van der Waals surface area contributed by atoms with Crippen molar-refractivity contribution in [3.05, 3.63) is 114 Å². The van der Waals surface area contributed by atoms with Gasteiger partial charge in [-0.05, 0) is 65.8 Å². The Balaban J connectivity index is 0.000000236. The van der Waals surface area contributed by atoms with Crippen molar-refractivity contribution in [2.45, 2.75) is 77.0 Å². The summed E-state index contributed by atoms with van der Waals surface area (Å²) in [6.07, 6.45) is 3.72. The van der Waals surface area contributed by atoms with E-state index in [1.165, 1.54) is 47.0 Å². The van der Waals surface area contributed by atoms with Crippen LogP contribution >= 0.6 is 7.26 Å². The third-order valence-corrected chi connectivity index (χ3v) is 12.8. The molecule has 0 saturated carbocycles. The minimum atomic E-state index is -4.55. The van der Waals surface area contributed by atoms with Crippen LogP contribution in [0.25, 0.3) is 0 Å². The van der Waals surface area contributed by atoms with Gasteiger partial charge in [-0.3, -0.25) is 0 Å². The third-order valence-electron chi connectivity index (χ3n) is 7.43. The molecule has 0 radical (unpaired) electrons. The molecule has 4 aromatic carbocycles. The summed E-state index contributed by atoms with van der Waals surface area (Å²) in [6, 6.07) is 35.9. The van der Waals surface area contributed by atoms with Gasteiger partial charge in [0.05, 0.1) is 11.1 Å². The molecule has 42 heavy (non-hydrogen) atoms. The minimum Gasteiger partial charge on any atom is -0.744 e. The standard InChI is InChI=1S/C22H24P.C14H22O4S/c1-2-3-19-23(20-13-7-4-8-14-20,21-15-9-5-10-16-21)22-17-11-6-12-18-22;1-13(2,3)10-7-9(19(16,17)18)8-11(12(10)15)14(4,5)6/h4-18H,2-3,19H2,1H3;7-8,15H,1-6H3,(H,16,17,18)/q+1;/p-1. The second kappa shape index (κ2) is 13.5. The van der Waals surface area contributed by atoms with Crippen molar-refractivity contribution in [1.29, 1.82) is 0 Å². The smallest absolute Gasteiger partial charge is 0.124 e. The van der Waals surface area contributed by atoms with Crippen LogP contribution in [0.1, 0.15) is 72.4 Å². The molecular weight excluding hydrogens is 559 g/mol. The van der Waals surface area contributed by atoms with E-state index in [0.29, 0.717) is 11.1 Å². The Morgan fingerprint density at radius 2 is 1.00 bits per heavy atom. The lowest BCUT2D eigenvalue weighted by Gasteiger charge is -2.28. The summed E-state index contributed by atoms with van der Waals surface area (Å²) in [5.74, 6) is 0.0624. The molecule has 224 valence electrons. The van der Waals surface area contributed by atoms with Gasteiger partial charge < -0.3 is 9.66 Å². The van der Waals surface area contributed by atoms with Crippen molar-refractivity contribution in [3.8, 4) is 5.75 Å². The largest absolute Gasteiger partial charge is 0.744 e. The Kier molecular flexibility index (Phi) is 10.8. The third kappa shape index (κ3) is 7.89. The number of benzene rings is 4. The molecule has 4 aromatic rings. The van der Waals surface area contributed by atoms with Crippen LogP contribution in [0.15, 0.2) is 108 Å². The molecule has 6 heteroatoms. The van der Waals surface area contributed by atoms with Crippen LogP contribution in [0.3, 0.4) is 0 Å². The summed E-state index contributed by atoms with van der Waals surface area (Å²) < 4.78 is 33.8. The van der Waals surface area contributed by atoms with E-state index in [1.54, 1.807) is 0 Å². The van der Waals surface area contributed by atoms with Crippen LogP contribution in [0.5, 0.6) is 5.75 Å². The molecule has 0 amide bonds. The van der Waals surface area contributed by atoms with Crippen LogP contribution in [0, 0.1) is 0 Å². The number of hydrogen-bond donors (Lipinski definition) is 1. The number of unbranched alkanes of at least 4 members (excludes halogenated alkanes) is 1. The molecule has 4 rings (SSSR count). The van der Waals surface area contributed by atoms with Crippen LogP contribution in [-0.2, 0) is 20.9 Å². The number of phenolic OH excluding ortho intramolecular Hbond substituents is 1. The van der Waals surface area contributed by atoms with Crippen LogP contribution in [0.4, 0.5) is 0 Å². The zero-order chi connectivity index (χ0) is 31.2. The molecular formula is C36H45O4PS. The van der Waals surface area contributed by atoms with Crippen LogP contribution in [-0.4, -0.2) is 24.2 Å². The molecule has 0 heterocycles. The number of rotatable bonds is 7. The fourth-order valence-corrected chi connectivity index (χ4v) is 10.2. The van der Waals surface area contributed by atoms with Crippen molar-refractivity contribution in [2.75, 3.05) is 6.16 Å². The zero-order valence-corrected chi connectivity index (χ0v) is 27.7. The van der Waals surface area contributed by atoms with E-state index < -0.39 is 28.2 Å². The predicted molar refractivity (Wildman–Crippen MR) is 178 cm³/mol. The fourth-order valence-electron chi connectivity index (χ4n) is 5.17. The van der Waals surface area contributed by atoms with Gasteiger partial charge in [-0.1, -0.05) is 109 Å². The Morgan fingerprint density at radius 3 is 1.26 bits per heavy atom. The highest BCUT2D eigenvalue weighted by Gasteiger charge is 2.44. The van der Waals surface area contributed by atoms with Crippen molar-refractivity contribution in [2.24, 2.45) is 0 Å². The first-order valence-electron chi connectivity index (χ1n) is 14.5. The van der Waals surface area contributed by atoms with Crippen molar-refractivity contribution in [1.82, 2.24) is 0 Å². The monoisotopic (exact) mass is 604 g/mol. The Labute approximate surface area is 253 Å². The van der Waals surface area contributed by atoms with Gasteiger partial charge in [0.2, 0.25) is 0 Å². The summed E-state index contributed by atoms with van der Waals surface area (Å²) in [7, 11) is -6.12. The molecule has 0 spiro atoms. The lowest BCUT2D eigenvalue weighted by atomic mass is 9.79. The van der Waals surface area contributed by atoms with Gasteiger partial charge >= 0.3 is 0 Å². The van der Waals surface area contributed by atoms with Crippen molar-refractivity contribution >= 4 is 33.3 Å². The number of phenols is 1. The topological polar surface area (TPSA) is 77.4 Å². The normalized spacial score (nSPS) is 12.4. The molecule has 0 bridgehead atoms. The van der Waals surface area contributed by atoms with Crippen molar-refractivity contribution < 1.29 is 18.1 Å². The Morgan fingerprint density at radius 1 is 0.667 bits per heavy atom. The van der Waals surface area contributed by atoms with Gasteiger partial charge in [-0.25, -0.2) is 8.42 Å². The highest BCUT2D eigenvalue weighted by atomic mass is 32.2. The first-order chi connectivity index (χ1) is 19.6. The van der Waals surface area contributed by atoms with E-state index in [2.05, 4.69) is 97.9 Å². The van der Waals surface area contributed by atoms with E-state index in [9.17, 15) is 18.1 Å². The fraction of sp³-hybridized carbons (Fsp3) is 0.333. The van der Waals surface area contributed by atoms with Gasteiger partial charge in [0.15, 0.2) is 0 Å². The summed E-state index contributed by atoms with van der Waals surface area (Å²) in [4.78, 5) is -0.292. The maximum atomic E-state index is 11.3. The van der Waals surface area contributed by atoms with E-state index in [0.717, 1.165) is 0 Å².